The maximum absolute atomic E-state index is 13.0. The maximum Gasteiger partial charge on any atom is 0.243 e. The summed E-state index contributed by atoms with van der Waals surface area (Å²) in [7, 11) is -2.12. The van der Waals surface area contributed by atoms with Crippen LogP contribution in [0.1, 0.15) is 25.3 Å². The Bertz CT molecular complexity index is 958. The predicted molar refractivity (Wildman–Crippen MR) is 119 cm³/mol. The topological polar surface area (TPSA) is 84.9 Å². The van der Waals surface area contributed by atoms with Gasteiger partial charge in [0.1, 0.15) is 18.1 Å². The molecule has 0 spiro atoms. The van der Waals surface area contributed by atoms with Gasteiger partial charge in [0, 0.05) is 13.1 Å². The number of piperidine rings is 1. The highest BCUT2D eigenvalue weighted by Crippen LogP contribution is 2.25. The van der Waals surface area contributed by atoms with Gasteiger partial charge >= 0.3 is 0 Å². The van der Waals surface area contributed by atoms with Gasteiger partial charge in [-0.25, -0.2) is 8.42 Å². The van der Waals surface area contributed by atoms with Gasteiger partial charge in [0.05, 0.1) is 24.5 Å². The second-order valence-corrected chi connectivity index (χ2v) is 9.45. The number of sulfonamides is 1. The van der Waals surface area contributed by atoms with Crippen molar-refractivity contribution in [2.24, 2.45) is 5.92 Å². The summed E-state index contributed by atoms with van der Waals surface area (Å²) in [5, 5.41) is 2.87. The molecule has 168 valence electrons. The molecule has 1 saturated heterocycles. The molecule has 1 heterocycles. The van der Waals surface area contributed by atoms with Crippen LogP contribution in [0.2, 0.25) is 0 Å². The molecule has 1 fully saturated rings. The zero-order chi connectivity index (χ0) is 22.3. The summed E-state index contributed by atoms with van der Waals surface area (Å²) in [5.41, 5.74) is 1.24. The summed E-state index contributed by atoms with van der Waals surface area (Å²) in [6.07, 6.45) is 2.29. The fourth-order valence-electron chi connectivity index (χ4n) is 3.58. The van der Waals surface area contributed by atoms with Gasteiger partial charge < -0.3 is 14.8 Å². The van der Waals surface area contributed by atoms with E-state index in [-0.39, 0.29) is 23.3 Å². The van der Waals surface area contributed by atoms with Crippen LogP contribution in [0.15, 0.2) is 53.4 Å². The number of aryl methyl sites for hydroxylation is 1. The van der Waals surface area contributed by atoms with E-state index in [0.717, 1.165) is 12.2 Å². The maximum atomic E-state index is 13.0. The van der Waals surface area contributed by atoms with Crippen LogP contribution in [0.5, 0.6) is 11.5 Å². The van der Waals surface area contributed by atoms with Gasteiger partial charge in [-0.2, -0.15) is 4.31 Å². The third-order valence-electron chi connectivity index (χ3n) is 5.45. The molecular formula is C23H30N2O5S. The van der Waals surface area contributed by atoms with E-state index >= 15 is 0 Å². The van der Waals surface area contributed by atoms with Crippen LogP contribution >= 0.6 is 0 Å². The minimum Gasteiger partial charge on any atom is -0.497 e. The minimum absolute atomic E-state index is 0.139. The van der Waals surface area contributed by atoms with Crippen molar-refractivity contribution in [2.45, 2.75) is 31.1 Å². The first-order valence-electron chi connectivity index (χ1n) is 10.6. The van der Waals surface area contributed by atoms with Crippen molar-refractivity contribution < 1.29 is 22.7 Å². The fraction of sp³-hybridized carbons (Fsp3) is 0.435. The van der Waals surface area contributed by atoms with Gasteiger partial charge in [0.15, 0.2) is 0 Å². The van der Waals surface area contributed by atoms with E-state index in [1.807, 2.05) is 24.3 Å². The third kappa shape index (κ3) is 5.98. The normalized spacial score (nSPS) is 17.2. The van der Waals surface area contributed by atoms with E-state index in [9.17, 15) is 13.2 Å². The lowest BCUT2D eigenvalue weighted by molar-refractivity contribution is -0.126. The number of hydrogen-bond donors (Lipinski definition) is 1. The molecule has 0 saturated carbocycles. The Labute approximate surface area is 184 Å². The molecule has 2 aromatic rings. The average molecular weight is 447 g/mol. The van der Waals surface area contributed by atoms with Crippen LogP contribution in [-0.4, -0.2) is 52.0 Å². The van der Waals surface area contributed by atoms with Crippen molar-refractivity contribution in [2.75, 3.05) is 33.4 Å². The number of rotatable bonds is 9. The van der Waals surface area contributed by atoms with Crippen LogP contribution in [0.3, 0.4) is 0 Å². The molecule has 8 heteroatoms. The smallest absolute Gasteiger partial charge is 0.243 e. The van der Waals surface area contributed by atoms with Gasteiger partial charge in [-0.05, 0) is 61.2 Å². The zero-order valence-electron chi connectivity index (χ0n) is 18.0. The van der Waals surface area contributed by atoms with Crippen molar-refractivity contribution in [3.8, 4) is 11.5 Å². The Morgan fingerprint density at radius 1 is 1.10 bits per heavy atom. The van der Waals surface area contributed by atoms with E-state index in [1.165, 1.54) is 29.1 Å². The van der Waals surface area contributed by atoms with E-state index in [1.54, 1.807) is 12.1 Å². The Balaban J connectivity index is 1.50. The molecule has 1 aliphatic rings. The molecule has 0 unspecified atom stereocenters. The summed E-state index contributed by atoms with van der Waals surface area (Å²) >= 11 is 0. The van der Waals surface area contributed by atoms with Crippen LogP contribution in [0.4, 0.5) is 0 Å². The molecule has 31 heavy (non-hydrogen) atoms. The molecule has 7 nitrogen and oxygen atoms in total. The van der Waals surface area contributed by atoms with Crippen LogP contribution in [-0.2, 0) is 21.2 Å². The Morgan fingerprint density at radius 3 is 2.42 bits per heavy atom. The Kier molecular flexibility index (Phi) is 7.92. The molecule has 1 amide bonds. The standard InChI is InChI=1S/C23H30N2O5S/c1-3-18-6-8-21(9-7-18)30-16-14-24-23(26)19-5-4-15-25(17-19)31(27,28)22-12-10-20(29-2)11-13-22/h6-13,19H,3-5,14-17H2,1-2H3,(H,24,26)/t19-/m1/s1. The van der Waals surface area contributed by atoms with E-state index in [2.05, 4.69) is 12.2 Å². The average Bonchev–Trinajstić information content (AvgIpc) is 2.82. The molecule has 0 aromatic heterocycles. The molecule has 0 bridgehead atoms. The molecule has 1 atom stereocenters. The first kappa shape index (κ1) is 23.1. The number of carbonyl (C=O) groups is 1. The van der Waals surface area contributed by atoms with Crippen molar-refractivity contribution in [3.63, 3.8) is 0 Å². The quantitative estimate of drug-likeness (QED) is 0.599. The minimum atomic E-state index is -3.65. The Morgan fingerprint density at radius 2 is 1.77 bits per heavy atom. The van der Waals surface area contributed by atoms with E-state index in [4.69, 9.17) is 9.47 Å². The zero-order valence-corrected chi connectivity index (χ0v) is 18.9. The lowest BCUT2D eigenvalue weighted by Crippen LogP contribution is -2.45. The number of carbonyl (C=O) groups excluding carboxylic acids is 1. The molecule has 3 rings (SSSR count). The summed E-state index contributed by atoms with van der Waals surface area (Å²) in [5.74, 6) is 0.851. The molecule has 0 aliphatic carbocycles. The summed E-state index contributed by atoms with van der Waals surface area (Å²) in [4.78, 5) is 12.8. The Hall–Kier alpha value is -2.58. The first-order chi connectivity index (χ1) is 14.9. The summed E-state index contributed by atoms with van der Waals surface area (Å²) in [6, 6.07) is 14.2. The highest BCUT2D eigenvalue weighted by molar-refractivity contribution is 7.89. The van der Waals surface area contributed by atoms with Gasteiger partial charge in [0.2, 0.25) is 15.9 Å². The molecule has 1 aliphatic heterocycles. The highest BCUT2D eigenvalue weighted by Gasteiger charge is 2.33. The van der Waals surface area contributed by atoms with Gasteiger partial charge in [-0.15, -0.1) is 0 Å². The summed E-state index contributed by atoms with van der Waals surface area (Å²) < 4.78 is 38.1. The van der Waals surface area contributed by atoms with Crippen LogP contribution in [0, 0.1) is 5.92 Å². The fourth-order valence-corrected chi connectivity index (χ4v) is 5.10. The number of benzene rings is 2. The molecule has 1 N–H and O–H groups in total. The SMILES string of the molecule is CCc1ccc(OCCNC(=O)[C@@H]2CCCN(S(=O)(=O)c3ccc(OC)cc3)C2)cc1. The van der Waals surface area contributed by atoms with Gasteiger partial charge in [0.25, 0.3) is 0 Å². The first-order valence-corrected chi connectivity index (χ1v) is 12.0. The second-order valence-electron chi connectivity index (χ2n) is 7.51. The lowest BCUT2D eigenvalue weighted by Gasteiger charge is -2.31. The van der Waals surface area contributed by atoms with Crippen molar-refractivity contribution in [3.05, 3.63) is 54.1 Å². The van der Waals surface area contributed by atoms with E-state index in [0.29, 0.717) is 38.3 Å². The largest absolute Gasteiger partial charge is 0.497 e. The number of nitrogens with one attached hydrogen (secondary N) is 1. The number of nitrogens with zero attached hydrogens (tertiary/aromatic N) is 1. The van der Waals surface area contributed by atoms with Crippen molar-refractivity contribution in [1.29, 1.82) is 0 Å². The molecule has 2 aromatic carbocycles. The second kappa shape index (κ2) is 10.6. The predicted octanol–water partition coefficient (Wildman–Crippen LogP) is 2.85. The summed E-state index contributed by atoms with van der Waals surface area (Å²) in [6.45, 7) is 3.42. The number of methoxy groups -OCH3 is 1. The highest BCUT2D eigenvalue weighted by atomic mass is 32.2. The third-order valence-corrected chi connectivity index (χ3v) is 7.33. The molecular weight excluding hydrogens is 416 g/mol. The van der Waals surface area contributed by atoms with Crippen LogP contribution in [0.25, 0.3) is 0 Å². The van der Waals surface area contributed by atoms with Crippen molar-refractivity contribution in [1.82, 2.24) is 9.62 Å². The number of amides is 1. The number of ether oxygens (including phenoxy) is 2. The lowest BCUT2D eigenvalue weighted by atomic mass is 9.99. The monoisotopic (exact) mass is 446 g/mol. The van der Waals surface area contributed by atoms with Crippen LogP contribution < -0.4 is 14.8 Å². The number of hydrogen-bond acceptors (Lipinski definition) is 5. The van der Waals surface area contributed by atoms with Gasteiger partial charge in [-0.1, -0.05) is 19.1 Å². The molecule has 0 radical (unpaired) electrons. The van der Waals surface area contributed by atoms with Crippen molar-refractivity contribution >= 4 is 15.9 Å². The van der Waals surface area contributed by atoms with Gasteiger partial charge in [-0.3, -0.25) is 4.79 Å². The van der Waals surface area contributed by atoms with E-state index < -0.39 is 10.0 Å².